The van der Waals surface area contributed by atoms with Gasteiger partial charge in [-0.25, -0.2) is 9.97 Å². The summed E-state index contributed by atoms with van der Waals surface area (Å²) in [6, 6.07) is 2.28. The molecule has 0 bridgehead atoms. The number of nitrogens with one attached hydrogen (secondary N) is 1. The molecular weight excluding hydrogens is 266 g/mol. The molecule has 0 radical (unpaired) electrons. The Bertz CT molecular complexity index is 771. The van der Waals surface area contributed by atoms with Gasteiger partial charge in [-0.3, -0.25) is 9.36 Å². The minimum atomic E-state index is 0.196. The highest BCUT2D eigenvalue weighted by molar-refractivity contribution is 5.86. The second-order valence-electron chi connectivity index (χ2n) is 5.38. The molecule has 21 heavy (non-hydrogen) atoms. The fraction of sp³-hybridized carbons (Fsp3) is 0.429. The van der Waals surface area contributed by atoms with Gasteiger partial charge < -0.3 is 5.32 Å². The predicted octanol–water partition coefficient (Wildman–Crippen LogP) is 1.68. The molecule has 0 fully saturated rings. The fourth-order valence-electron chi connectivity index (χ4n) is 2.48. The molecular formula is C14H19N7. The van der Waals surface area contributed by atoms with E-state index in [0.717, 1.165) is 34.8 Å². The summed E-state index contributed by atoms with van der Waals surface area (Å²) in [6.07, 6.45) is 3.34. The van der Waals surface area contributed by atoms with E-state index in [-0.39, 0.29) is 6.04 Å². The SMILES string of the molecule is Cc1cc(C)n(CC(C)Nc2ncnc3c2cnn3C)n1. The zero-order valence-corrected chi connectivity index (χ0v) is 12.7. The highest BCUT2D eigenvalue weighted by atomic mass is 15.3. The van der Waals surface area contributed by atoms with Crippen LogP contribution in [-0.4, -0.2) is 35.6 Å². The van der Waals surface area contributed by atoms with Crippen LogP contribution in [0.1, 0.15) is 18.3 Å². The summed E-state index contributed by atoms with van der Waals surface area (Å²) < 4.78 is 3.75. The van der Waals surface area contributed by atoms with Crippen molar-refractivity contribution in [1.29, 1.82) is 0 Å². The van der Waals surface area contributed by atoms with Crippen molar-refractivity contribution in [3.63, 3.8) is 0 Å². The van der Waals surface area contributed by atoms with Gasteiger partial charge >= 0.3 is 0 Å². The molecule has 0 spiro atoms. The Labute approximate surface area is 123 Å². The molecule has 0 aliphatic heterocycles. The molecule has 0 aromatic carbocycles. The molecule has 0 amide bonds. The van der Waals surface area contributed by atoms with Gasteiger partial charge in [-0.2, -0.15) is 10.2 Å². The number of aromatic nitrogens is 6. The lowest BCUT2D eigenvalue weighted by atomic mass is 10.3. The van der Waals surface area contributed by atoms with E-state index in [1.54, 1.807) is 17.2 Å². The van der Waals surface area contributed by atoms with Crippen LogP contribution < -0.4 is 5.32 Å². The third-order valence-electron chi connectivity index (χ3n) is 3.46. The van der Waals surface area contributed by atoms with Crippen LogP contribution >= 0.6 is 0 Å². The van der Waals surface area contributed by atoms with Crippen LogP contribution in [0.5, 0.6) is 0 Å². The molecule has 0 aliphatic carbocycles. The van der Waals surface area contributed by atoms with E-state index in [2.05, 4.69) is 45.4 Å². The van der Waals surface area contributed by atoms with Gasteiger partial charge in [0.15, 0.2) is 5.65 Å². The van der Waals surface area contributed by atoms with Gasteiger partial charge in [-0.1, -0.05) is 0 Å². The molecule has 3 aromatic heterocycles. The van der Waals surface area contributed by atoms with Crippen molar-refractivity contribution in [2.75, 3.05) is 5.32 Å². The number of anilines is 1. The van der Waals surface area contributed by atoms with E-state index in [0.29, 0.717) is 0 Å². The molecule has 0 aliphatic rings. The van der Waals surface area contributed by atoms with E-state index in [1.165, 1.54) is 0 Å². The normalized spacial score (nSPS) is 12.8. The molecule has 3 aromatic rings. The van der Waals surface area contributed by atoms with Crippen molar-refractivity contribution in [2.24, 2.45) is 7.05 Å². The zero-order chi connectivity index (χ0) is 15.0. The zero-order valence-electron chi connectivity index (χ0n) is 12.7. The number of nitrogens with zero attached hydrogens (tertiary/aromatic N) is 6. The van der Waals surface area contributed by atoms with Crippen LogP contribution in [0.25, 0.3) is 11.0 Å². The molecule has 3 heterocycles. The molecule has 0 saturated carbocycles. The van der Waals surface area contributed by atoms with Crippen molar-refractivity contribution in [3.8, 4) is 0 Å². The summed E-state index contributed by atoms with van der Waals surface area (Å²) in [5, 5.41) is 13.1. The fourth-order valence-corrected chi connectivity index (χ4v) is 2.48. The van der Waals surface area contributed by atoms with Crippen molar-refractivity contribution in [3.05, 3.63) is 30.0 Å². The minimum Gasteiger partial charge on any atom is -0.365 e. The molecule has 7 nitrogen and oxygen atoms in total. The van der Waals surface area contributed by atoms with Crippen molar-refractivity contribution < 1.29 is 0 Å². The molecule has 3 rings (SSSR count). The largest absolute Gasteiger partial charge is 0.365 e. The number of fused-ring (bicyclic) bond motifs is 1. The maximum atomic E-state index is 4.49. The summed E-state index contributed by atoms with van der Waals surface area (Å²) in [6.45, 7) is 6.97. The average Bonchev–Trinajstić information content (AvgIpc) is 2.94. The Hall–Kier alpha value is -2.44. The van der Waals surface area contributed by atoms with E-state index in [4.69, 9.17) is 0 Å². The first-order valence-electron chi connectivity index (χ1n) is 6.95. The van der Waals surface area contributed by atoms with Crippen molar-refractivity contribution >= 4 is 16.9 Å². The second-order valence-corrected chi connectivity index (χ2v) is 5.38. The Morgan fingerprint density at radius 1 is 1.29 bits per heavy atom. The number of aryl methyl sites for hydroxylation is 3. The maximum absolute atomic E-state index is 4.49. The standard InChI is InChI=1S/C14H19N7/c1-9-5-11(3)21(19-9)7-10(2)18-13-12-6-17-20(4)14(12)16-8-15-13/h5-6,8,10H,7H2,1-4H3,(H,15,16,18). The summed E-state index contributed by atoms with van der Waals surface area (Å²) in [7, 11) is 1.87. The van der Waals surface area contributed by atoms with Gasteiger partial charge in [0, 0.05) is 18.8 Å². The van der Waals surface area contributed by atoms with Crippen molar-refractivity contribution in [2.45, 2.75) is 33.4 Å². The molecule has 1 unspecified atom stereocenters. The van der Waals surface area contributed by atoms with Crippen molar-refractivity contribution in [1.82, 2.24) is 29.5 Å². The summed E-state index contributed by atoms with van der Waals surface area (Å²) in [4.78, 5) is 8.57. The first-order chi connectivity index (χ1) is 10.0. The van der Waals surface area contributed by atoms with E-state index in [9.17, 15) is 0 Å². The molecule has 1 N–H and O–H groups in total. The molecule has 110 valence electrons. The Morgan fingerprint density at radius 2 is 2.10 bits per heavy atom. The number of rotatable bonds is 4. The van der Waals surface area contributed by atoms with E-state index in [1.807, 2.05) is 18.7 Å². The van der Waals surface area contributed by atoms with Gasteiger partial charge in [-0.05, 0) is 26.8 Å². The highest BCUT2D eigenvalue weighted by Gasteiger charge is 2.12. The third-order valence-corrected chi connectivity index (χ3v) is 3.46. The predicted molar refractivity (Wildman–Crippen MR) is 81.1 cm³/mol. The van der Waals surface area contributed by atoms with Gasteiger partial charge in [0.05, 0.1) is 23.8 Å². The van der Waals surface area contributed by atoms with Crippen LogP contribution in [0.15, 0.2) is 18.6 Å². The van der Waals surface area contributed by atoms with Crippen LogP contribution in [0.4, 0.5) is 5.82 Å². The van der Waals surface area contributed by atoms with Crippen LogP contribution in [0.2, 0.25) is 0 Å². The maximum Gasteiger partial charge on any atom is 0.163 e. The van der Waals surface area contributed by atoms with Crippen LogP contribution in [0, 0.1) is 13.8 Å². The van der Waals surface area contributed by atoms with Gasteiger partial charge in [-0.15, -0.1) is 0 Å². The van der Waals surface area contributed by atoms with E-state index >= 15 is 0 Å². The topological polar surface area (TPSA) is 73.5 Å². The average molecular weight is 285 g/mol. The molecule has 7 heteroatoms. The smallest absolute Gasteiger partial charge is 0.163 e. The lowest BCUT2D eigenvalue weighted by Gasteiger charge is -2.16. The summed E-state index contributed by atoms with van der Waals surface area (Å²) in [5.74, 6) is 0.808. The van der Waals surface area contributed by atoms with Crippen LogP contribution in [0.3, 0.4) is 0 Å². The highest BCUT2D eigenvalue weighted by Crippen LogP contribution is 2.18. The van der Waals surface area contributed by atoms with Gasteiger partial charge in [0.2, 0.25) is 0 Å². The quantitative estimate of drug-likeness (QED) is 0.789. The Morgan fingerprint density at radius 3 is 2.81 bits per heavy atom. The molecule has 1 atom stereocenters. The first kappa shape index (κ1) is 13.5. The number of hydrogen-bond donors (Lipinski definition) is 1. The monoisotopic (exact) mass is 285 g/mol. The lowest BCUT2D eigenvalue weighted by molar-refractivity contribution is 0.545. The molecule has 0 saturated heterocycles. The van der Waals surface area contributed by atoms with Gasteiger partial charge in [0.1, 0.15) is 12.1 Å². The second kappa shape index (κ2) is 5.16. The Balaban J connectivity index is 1.80. The third kappa shape index (κ3) is 2.58. The Kier molecular flexibility index (Phi) is 3.32. The van der Waals surface area contributed by atoms with Gasteiger partial charge in [0.25, 0.3) is 0 Å². The van der Waals surface area contributed by atoms with Crippen LogP contribution in [-0.2, 0) is 13.6 Å². The minimum absolute atomic E-state index is 0.196. The number of hydrogen-bond acceptors (Lipinski definition) is 5. The first-order valence-corrected chi connectivity index (χ1v) is 6.95. The van der Waals surface area contributed by atoms with E-state index < -0.39 is 0 Å². The lowest BCUT2D eigenvalue weighted by Crippen LogP contribution is -2.24. The summed E-state index contributed by atoms with van der Waals surface area (Å²) >= 11 is 0. The summed E-state index contributed by atoms with van der Waals surface area (Å²) in [5.41, 5.74) is 3.03.